The Morgan fingerprint density at radius 1 is 1.80 bits per heavy atom. The molecule has 0 radical (unpaired) electrons. The first kappa shape index (κ1) is 6.92. The van der Waals surface area contributed by atoms with Gasteiger partial charge in [0.15, 0.2) is 0 Å². The molecule has 0 saturated heterocycles. The normalized spacial score (nSPS) is 12.9. The van der Waals surface area contributed by atoms with E-state index < -0.39 is 0 Å². The first-order valence-corrected chi connectivity index (χ1v) is 3.11. The van der Waals surface area contributed by atoms with Gasteiger partial charge in [-0.2, -0.15) is 4.91 Å². The van der Waals surface area contributed by atoms with E-state index >= 15 is 0 Å². The van der Waals surface area contributed by atoms with Crippen molar-refractivity contribution >= 4 is 0 Å². The fraction of sp³-hybridized carbons (Fsp3) is 0.500. The van der Waals surface area contributed by atoms with E-state index in [0.29, 0.717) is 6.54 Å². The summed E-state index contributed by atoms with van der Waals surface area (Å²) in [6.07, 6.45) is 5.15. The van der Waals surface area contributed by atoms with Crippen molar-refractivity contribution in [1.29, 1.82) is 0 Å². The number of aromatic nitrogens is 2. The molecule has 0 aliphatic rings. The summed E-state index contributed by atoms with van der Waals surface area (Å²) in [5.74, 6) is 0. The lowest BCUT2D eigenvalue weighted by Crippen LogP contribution is -2.07. The molecular formula is C6H9N3O. The molecule has 1 atom stereocenters. The van der Waals surface area contributed by atoms with Gasteiger partial charge in [-0.05, 0) is 6.92 Å². The van der Waals surface area contributed by atoms with Gasteiger partial charge in [-0.25, -0.2) is 4.98 Å². The highest BCUT2D eigenvalue weighted by Crippen LogP contribution is 1.94. The quantitative estimate of drug-likeness (QED) is 0.587. The Balaban J connectivity index is 2.47. The van der Waals surface area contributed by atoms with E-state index in [9.17, 15) is 4.91 Å². The van der Waals surface area contributed by atoms with Crippen molar-refractivity contribution in [3.05, 3.63) is 23.6 Å². The average Bonchev–Trinajstić information content (AvgIpc) is 2.40. The van der Waals surface area contributed by atoms with Gasteiger partial charge in [0.05, 0.1) is 6.33 Å². The molecule has 0 aromatic carbocycles. The smallest absolute Gasteiger partial charge is 0.107 e. The maximum atomic E-state index is 9.95. The predicted molar refractivity (Wildman–Crippen MR) is 37.5 cm³/mol. The maximum absolute atomic E-state index is 9.95. The van der Waals surface area contributed by atoms with Crippen LogP contribution in [0.15, 0.2) is 23.9 Å². The number of hydrogen-bond donors (Lipinski definition) is 0. The number of imidazole rings is 1. The molecule has 0 bridgehead atoms. The summed E-state index contributed by atoms with van der Waals surface area (Å²) in [5.41, 5.74) is 0. The lowest BCUT2D eigenvalue weighted by atomic mass is 10.4. The average molecular weight is 139 g/mol. The van der Waals surface area contributed by atoms with E-state index in [1.54, 1.807) is 19.4 Å². The number of nitrogens with zero attached hydrogens (tertiary/aromatic N) is 3. The molecule has 1 heterocycles. The summed E-state index contributed by atoms with van der Waals surface area (Å²) >= 11 is 0. The monoisotopic (exact) mass is 139 g/mol. The first-order chi connectivity index (χ1) is 4.83. The number of hydrogen-bond acceptors (Lipinski definition) is 3. The standard InChI is InChI=1S/C6H9N3O/c1-6(8-10)4-9-3-2-7-5-9/h2-3,5-6H,4H2,1H3. The van der Waals surface area contributed by atoms with Crippen LogP contribution in [0.5, 0.6) is 0 Å². The minimum Gasteiger partial charge on any atom is -0.335 e. The molecule has 0 saturated carbocycles. The highest BCUT2D eigenvalue weighted by Gasteiger charge is 1.99. The molecule has 1 aromatic rings. The van der Waals surface area contributed by atoms with Gasteiger partial charge in [0.25, 0.3) is 0 Å². The largest absolute Gasteiger partial charge is 0.335 e. The summed E-state index contributed by atoms with van der Waals surface area (Å²) in [6.45, 7) is 2.39. The molecule has 0 amide bonds. The molecule has 0 spiro atoms. The maximum Gasteiger partial charge on any atom is 0.107 e. The lowest BCUT2D eigenvalue weighted by molar-refractivity contribution is 0.588. The molecule has 0 aliphatic carbocycles. The van der Waals surface area contributed by atoms with Crippen LogP contribution in [0, 0.1) is 4.91 Å². The van der Waals surface area contributed by atoms with Gasteiger partial charge in [-0.15, -0.1) is 0 Å². The molecule has 1 unspecified atom stereocenters. The molecule has 10 heavy (non-hydrogen) atoms. The van der Waals surface area contributed by atoms with Crippen molar-refractivity contribution in [3.63, 3.8) is 0 Å². The minimum absolute atomic E-state index is 0.172. The van der Waals surface area contributed by atoms with E-state index in [1.165, 1.54) is 0 Å². The van der Waals surface area contributed by atoms with Crippen molar-refractivity contribution in [1.82, 2.24) is 9.55 Å². The van der Waals surface area contributed by atoms with Crippen LogP contribution in [0.1, 0.15) is 6.92 Å². The zero-order chi connectivity index (χ0) is 7.40. The minimum atomic E-state index is -0.172. The topological polar surface area (TPSA) is 47.2 Å². The molecule has 54 valence electrons. The van der Waals surface area contributed by atoms with Gasteiger partial charge in [-0.1, -0.05) is 5.18 Å². The summed E-state index contributed by atoms with van der Waals surface area (Å²) < 4.78 is 1.83. The fourth-order valence-corrected chi connectivity index (χ4v) is 0.733. The van der Waals surface area contributed by atoms with Gasteiger partial charge in [0.1, 0.15) is 6.04 Å². The summed E-state index contributed by atoms with van der Waals surface area (Å²) in [4.78, 5) is 13.8. The van der Waals surface area contributed by atoms with Crippen molar-refractivity contribution < 1.29 is 0 Å². The van der Waals surface area contributed by atoms with E-state index in [0.717, 1.165) is 0 Å². The first-order valence-electron chi connectivity index (χ1n) is 3.11. The van der Waals surface area contributed by atoms with Crippen molar-refractivity contribution in [2.45, 2.75) is 19.5 Å². The molecule has 0 aliphatic heterocycles. The highest BCUT2D eigenvalue weighted by atomic mass is 16.3. The van der Waals surface area contributed by atoms with Crippen LogP contribution < -0.4 is 0 Å². The van der Waals surface area contributed by atoms with Crippen LogP contribution in [-0.2, 0) is 6.54 Å². The van der Waals surface area contributed by atoms with Crippen LogP contribution in [-0.4, -0.2) is 15.6 Å². The molecule has 0 N–H and O–H groups in total. The van der Waals surface area contributed by atoms with Crippen molar-refractivity contribution in [3.8, 4) is 0 Å². The second-order valence-corrected chi connectivity index (χ2v) is 2.21. The van der Waals surface area contributed by atoms with Gasteiger partial charge in [-0.3, -0.25) is 0 Å². The van der Waals surface area contributed by atoms with Crippen LogP contribution in [0.25, 0.3) is 0 Å². The molecular weight excluding hydrogens is 130 g/mol. The molecule has 1 rings (SSSR count). The van der Waals surface area contributed by atoms with Crippen molar-refractivity contribution in [2.75, 3.05) is 0 Å². The molecule has 0 fully saturated rings. The zero-order valence-electron chi connectivity index (χ0n) is 5.77. The number of nitroso groups, excluding NO2 is 1. The Morgan fingerprint density at radius 2 is 2.60 bits per heavy atom. The highest BCUT2D eigenvalue weighted by molar-refractivity contribution is 4.76. The number of rotatable bonds is 3. The second-order valence-electron chi connectivity index (χ2n) is 2.21. The van der Waals surface area contributed by atoms with Crippen molar-refractivity contribution in [2.24, 2.45) is 5.18 Å². The molecule has 1 aromatic heterocycles. The van der Waals surface area contributed by atoms with Crippen LogP contribution in [0.3, 0.4) is 0 Å². The Kier molecular flexibility index (Phi) is 2.15. The van der Waals surface area contributed by atoms with Gasteiger partial charge in [0, 0.05) is 18.9 Å². The summed E-state index contributed by atoms with van der Waals surface area (Å²) in [5, 5.41) is 2.86. The molecule has 4 nitrogen and oxygen atoms in total. The van der Waals surface area contributed by atoms with E-state index in [4.69, 9.17) is 0 Å². The van der Waals surface area contributed by atoms with Crippen LogP contribution in [0.2, 0.25) is 0 Å². The summed E-state index contributed by atoms with van der Waals surface area (Å²) in [6, 6.07) is -0.172. The Labute approximate surface area is 58.9 Å². The predicted octanol–water partition coefficient (Wildman–Crippen LogP) is 1.04. The Hall–Kier alpha value is -1.19. The SMILES string of the molecule is CC(Cn1ccnc1)N=O. The van der Waals surface area contributed by atoms with Gasteiger partial charge >= 0.3 is 0 Å². The van der Waals surface area contributed by atoms with Gasteiger partial charge in [0.2, 0.25) is 0 Å². The molecule has 4 heteroatoms. The zero-order valence-corrected chi connectivity index (χ0v) is 5.77. The van der Waals surface area contributed by atoms with Gasteiger partial charge < -0.3 is 4.57 Å². The second kappa shape index (κ2) is 3.10. The third kappa shape index (κ3) is 1.65. The van der Waals surface area contributed by atoms with E-state index in [1.807, 2.05) is 10.8 Å². The third-order valence-electron chi connectivity index (χ3n) is 1.21. The fourth-order valence-electron chi connectivity index (χ4n) is 0.733. The Bertz CT molecular complexity index is 195. The summed E-state index contributed by atoms with van der Waals surface area (Å²) in [7, 11) is 0. The Morgan fingerprint density at radius 3 is 3.10 bits per heavy atom. The van der Waals surface area contributed by atoms with E-state index in [2.05, 4.69) is 10.2 Å². The van der Waals surface area contributed by atoms with Crippen LogP contribution in [0.4, 0.5) is 0 Å². The lowest BCUT2D eigenvalue weighted by Gasteiger charge is -2.01. The van der Waals surface area contributed by atoms with E-state index in [-0.39, 0.29) is 6.04 Å². The van der Waals surface area contributed by atoms with Crippen LogP contribution >= 0.6 is 0 Å². The third-order valence-corrected chi connectivity index (χ3v) is 1.21.